The predicted octanol–water partition coefficient (Wildman–Crippen LogP) is 1.84. The van der Waals surface area contributed by atoms with Crippen molar-refractivity contribution in [1.82, 2.24) is 10.2 Å². The summed E-state index contributed by atoms with van der Waals surface area (Å²) in [6.45, 7) is 1.90. The minimum Gasteiger partial charge on any atom is -0.384 e. The third-order valence-corrected chi connectivity index (χ3v) is 2.33. The molecule has 0 unspecified atom stereocenters. The monoisotopic (exact) mass is 198 g/mol. The predicted molar refractivity (Wildman–Crippen MR) is 57.9 cm³/mol. The number of hydrogen-bond donors (Lipinski definition) is 2. The van der Waals surface area contributed by atoms with E-state index < -0.39 is 0 Å². The van der Waals surface area contributed by atoms with Crippen LogP contribution in [-0.2, 0) is 0 Å². The lowest BCUT2D eigenvalue weighted by Gasteiger charge is -2.02. The fourth-order valence-corrected chi connectivity index (χ4v) is 1.51. The third kappa shape index (κ3) is 1.55. The first-order valence-corrected chi connectivity index (χ1v) is 4.53. The summed E-state index contributed by atoms with van der Waals surface area (Å²) >= 11 is 0. The topological polar surface area (TPSA) is 78.5 Å². The second kappa shape index (κ2) is 3.46. The maximum absolute atomic E-state index is 8.89. The Morgan fingerprint density at radius 1 is 1.47 bits per heavy atom. The quantitative estimate of drug-likeness (QED) is 0.733. The maximum Gasteiger partial charge on any atom is 0.119 e. The Morgan fingerprint density at radius 2 is 2.27 bits per heavy atom. The Hall–Kier alpha value is -2.28. The van der Waals surface area contributed by atoms with Gasteiger partial charge in [-0.25, -0.2) is 0 Å². The minimum absolute atomic E-state index is 0.520. The second-order valence-corrected chi connectivity index (χ2v) is 3.30. The van der Waals surface area contributed by atoms with Gasteiger partial charge in [0.15, 0.2) is 0 Å². The zero-order valence-corrected chi connectivity index (χ0v) is 8.28. The average Bonchev–Trinajstić information content (AvgIpc) is 2.65. The van der Waals surface area contributed by atoms with Crippen molar-refractivity contribution in [3.63, 3.8) is 0 Å². The summed E-state index contributed by atoms with van der Waals surface area (Å²) in [7, 11) is 0. The molecule has 1 heterocycles. The fraction of sp³-hybridized carbons (Fsp3) is 0.0909. The lowest BCUT2D eigenvalue weighted by Crippen LogP contribution is -1.87. The normalized spacial score (nSPS) is 9.87. The number of nitrogens with two attached hydrogens (primary N) is 1. The summed E-state index contributed by atoms with van der Waals surface area (Å²) in [5, 5.41) is 15.6. The summed E-state index contributed by atoms with van der Waals surface area (Å²) in [4.78, 5) is 0. The molecule has 0 radical (unpaired) electrons. The van der Waals surface area contributed by atoms with Gasteiger partial charge in [-0.3, -0.25) is 5.10 Å². The van der Waals surface area contributed by atoms with E-state index in [9.17, 15) is 0 Å². The lowest BCUT2D eigenvalue weighted by atomic mass is 10.0. The highest BCUT2D eigenvalue weighted by molar-refractivity contribution is 5.68. The molecule has 0 aliphatic heterocycles. The molecule has 0 aliphatic rings. The lowest BCUT2D eigenvalue weighted by molar-refractivity contribution is 1.10. The molecule has 4 heteroatoms. The van der Waals surface area contributed by atoms with Crippen molar-refractivity contribution in [2.45, 2.75) is 6.92 Å². The molecule has 0 saturated heterocycles. The van der Waals surface area contributed by atoms with Gasteiger partial charge in [0.05, 0.1) is 17.3 Å². The first-order valence-electron chi connectivity index (χ1n) is 4.53. The van der Waals surface area contributed by atoms with Gasteiger partial charge in [0, 0.05) is 11.6 Å². The number of benzene rings is 1. The van der Waals surface area contributed by atoms with Crippen LogP contribution in [0.25, 0.3) is 11.3 Å². The van der Waals surface area contributed by atoms with Crippen LogP contribution in [-0.4, -0.2) is 10.2 Å². The molecule has 3 N–H and O–H groups in total. The number of aromatic nitrogens is 2. The fourth-order valence-electron chi connectivity index (χ4n) is 1.51. The van der Waals surface area contributed by atoms with E-state index in [-0.39, 0.29) is 0 Å². The molecule has 0 aliphatic carbocycles. The third-order valence-electron chi connectivity index (χ3n) is 2.33. The van der Waals surface area contributed by atoms with Crippen molar-refractivity contribution in [3.8, 4) is 17.3 Å². The number of anilines is 1. The summed E-state index contributed by atoms with van der Waals surface area (Å²) in [5.41, 5.74) is 8.84. The molecule has 0 spiro atoms. The van der Waals surface area contributed by atoms with Crippen LogP contribution in [0.15, 0.2) is 24.3 Å². The first kappa shape index (κ1) is 9.28. The molecule has 0 amide bonds. The van der Waals surface area contributed by atoms with Crippen molar-refractivity contribution in [2.75, 3.05) is 5.73 Å². The van der Waals surface area contributed by atoms with Crippen molar-refractivity contribution in [1.29, 1.82) is 5.26 Å². The second-order valence-electron chi connectivity index (χ2n) is 3.30. The van der Waals surface area contributed by atoms with Crippen LogP contribution in [0.5, 0.6) is 0 Å². The Balaban J connectivity index is 2.59. The summed E-state index contributed by atoms with van der Waals surface area (Å²) in [6.07, 6.45) is 0. The smallest absolute Gasteiger partial charge is 0.119 e. The number of nitrogens with zero attached hydrogens (tertiary/aromatic N) is 2. The zero-order valence-electron chi connectivity index (χ0n) is 8.28. The molecule has 0 saturated carbocycles. The molecular formula is C11H10N4. The molecular weight excluding hydrogens is 188 g/mol. The molecule has 74 valence electrons. The van der Waals surface area contributed by atoms with Crippen molar-refractivity contribution in [2.24, 2.45) is 0 Å². The van der Waals surface area contributed by atoms with Crippen LogP contribution in [0.1, 0.15) is 11.1 Å². The van der Waals surface area contributed by atoms with E-state index in [4.69, 9.17) is 11.0 Å². The molecule has 0 atom stereocenters. The molecule has 2 aromatic rings. The minimum atomic E-state index is 0.520. The largest absolute Gasteiger partial charge is 0.384 e. The van der Waals surface area contributed by atoms with Crippen molar-refractivity contribution >= 4 is 5.82 Å². The van der Waals surface area contributed by atoms with E-state index in [0.29, 0.717) is 11.4 Å². The number of rotatable bonds is 1. The highest BCUT2D eigenvalue weighted by Crippen LogP contribution is 2.24. The molecule has 4 nitrogen and oxygen atoms in total. The van der Waals surface area contributed by atoms with Gasteiger partial charge in [0.1, 0.15) is 5.82 Å². The van der Waals surface area contributed by atoms with E-state index in [1.54, 1.807) is 12.1 Å². The van der Waals surface area contributed by atoms with Gasteiger partial charge in [-0.2, -0.15) is 10.4 Å². The summed E-state index contributed by atoms with van der Waals surface area (Å²) < 4.78 is 0. The number of H-pyrrole nitrogens is 1. The molecule has 1 aromatic heterocycles. The number of nitrogens with one attached hydrogen (secondary N) is 1. The standard InChI is InChI=1S/C11H10N4/c1-7-8(6-12)3-2-4-9(7)10-5-11(13)15-14-10/h2-5H,1H3,(H3,13,14,15). The van der Waals surface area contributed by atoms with Crippen LogP contribution in [0.4, 0.5) is 5.82 Å². The van der Waals surface area contributed by atoms with E-state index in [1.807, 2.05) is 19.1 Å². The van der Waals surface area contributed by atoms with Gasteiger partial charge in [0.2, 0.25) is 0 Å². The van der Waals surface area contributed by atoms with Crippen LogP contribution in [0, 0.1) is 18.3 Å². The van der Waals surface area contributed by atoms with E-state index >= 15 is 0 Å². The van der Waals surface area contributed by atoms with Gasteiger partial charge in [-0.1, -0.05) is 12.1 Å². The van der Waals surface area contributed by atoms with E-state index in [1.165, 1.54) is 0 Å². The van der Waals surface area contributed by atoms with Crippen LogP contribution >= 0.6 is 0 Å². The SMILES string of the molecule is Cc1c(C#N)cccc1-c1cc(N)[nH]n1. The average molecular weight is 198 g/mol. The van der Waals surface area contributed by atoms with Gasteiger partial charge in [0.25, 0.3) is 0 Å². The van der Waals surface area contributed by atoms with Gasteiger partial charge in [-0.15, -0.1) is 0 Å². The Morgan fingerprint density at radius 3 is 2.87 bits per heavy atom. The summed E-state index contributed by atoms with van der Waals surface area (Å²) in [6, 6.07) is 9.44. The highest BCUT2D eigenvalue weighted by Gasteiger charge is 2.08. The number of nitriles is 1. The van der Waals surface area contributed by atoms with Gasteiger partial charge >= 0.3 is 0 Å². The molecule has 0 bridgehead atoms. The summed E-state index contributed by atoms with van der Waals surface area (Å²) in [5.74, 6) is 0.520. The number of aromatic amines is 1. The molecule has 0 fully saturated rings. The maximum atomic E-state index is 8.89. The van der Waals surface area contributed by atoms with Gasteiger partial charge < -0.3 is 5.73 Å². The number of nitrogen functional groups attached to an aromatic ring is 1. The molecule has 2 rings (SSSR count). The number of hydrogen-bond acceptors (Lipinski definition) is 3. The van der Waals surface area contributed by atoms with Gasteiger partial charge in [-0.05, 0) is 18.6 Å². The van der Waals surface area contributed by atoms with E-state index in [2.05, 4.69) is 16.3 Å². The van der Waals surface area contributed by atoms with Crippen LogP contribution < -0.4 is 5.73 Å². The van der Waals surface area contributed by atoms with Crippen molar-refractivity contribution in [3.05, 3.63) is 35.4 Å². The first-order chi connectivity index (χ1) is 7.22. The molecule has 1 aromatic carbocycles. The highest BCUT2D eigenvalue weighted by atomic mass is 15.2. The Bertz CT molecular complexity index is 534. The van der Waals surface area contributed by atoms with Crippen LogP contribution in [0.3, 0.4) is 0 Å². The zero-order chi connectivity index (χ0) is 10.8. The van der Waals surface area contributed by atoms with E-state index in [0.717, 1.165) is 16.8 Å². The van der Waals surface area contributed by atoms with Crippen molar-refractivity contribution < 1.29 is 0 Å². The Kier molecular flexibility index (Phi) is 2.14. The van der Waals surface area contributed by atoms with Crippen LogP contribution in [0.2, 0.25) is 0 Å². The molecule has 15 heavy (non-hydrogen) atoms. The Labute approximate surface area is 87.3 Å².